The highest BCUT2D eigenvalue weighted by Gasteiger charge is 2.02. The van der Waals surface area contributed by atoms with Crippen LogP contribution in [0, 0.1) is 0 Å². The Morgan fingerprint density at radius 2 is 1.44 bits per heavy atom. The first-order valence-corrected chi connectivity index (χ1v) is 6.52. The zero-order chi connectivity index (χ0) is 13.1. The van der Waals surface area contributed by atoms with E-state index in [0.717, 1.165) is 0 Å². The standard InChI is InChI=1S/C13H7Cl4N/c14-10-2-1-3-11(15)9(10)7-18-8-4-5-12(16)13(17)6-8/h1-7H/b18-7+. The van der Waals surface area contributed by atoms with Crippen LogP contribution in [0.5, 0.6) is 0 Å². The Hall–Kier alpha value is -0.730. The fourth-order valence-corrected chi connectivity index (χ4v) is 2.13. The van der Waals surface area contributed by atoms with E-state index in [1.807, 2.05) is 0 Å². The van der Waals surface area contributed by atoms with Gasteiger partial charge in [0.05, 0.1) is 25.8 Å². The topological polar surface area (TPSA) is 12.4 Å². The lowest BCUT2D eigenvalue weighted by atomic mass is 10.2. The van der Waals surface area contributed by atoms with Crippen LogP contribution in [0.4, 0.5) is 5.69 Å². The van der Waals surface area contributed by atoms with Crippen molar-refractivity contribution < 1.29 is 0 Å². The van der Waals surface area contributed by atoms with E-state index < -0.39 is 0 Å². The van der Waals surface area contributed by atoms with Crippen molar-refractivity contribution in [2.75, 3.05) is 0 Å². The average Bonchev–Trinajstić information content (AvgIpc) is 2.33. The van der Waals surface area contributed by atoms with Crippen LogP contribution >= 0.6 is 46.4 Å². The van der Waals surface area contributed by atoms with Gasteiger partial charge in [0.1, 0.15) is 0 Å². The van der Waals surface area contributed by atoms with E-state index >= 15 is 0 Å². The highest BCUT2D eigenvalue weighted by atomic mass is 35.5. The second-order valence-corrected chi connectivity index (χ2v) is 5.12. The van der Waals surface area contributed by atoms with Crippen LogP contribution in [0.3, 0.4) is 0 Å². The molecule has 0 aliphatic rings. The van der Waals surface area contributed by atoms with Gasteiger partial charge in [-0.1, -0.05) is 52.5 Å². The van der Waals surface area contributed by atoms with Crippen LogP contribution in [-0.2, 0) is 0 Å². The molecule has 92 valence electrons. The van der Waals surface area contributed by atoms with Gasteiger partial charge < -0.3 is 0 Å². The number of rotatable bonds is 2. The van der Waals surface area contributed by atoms with Crippen molar-refractivity contribution in [2.24, 2.45) is 4.99 Å². The molecule has 0 aliphatic heterocycles. The zero-order valence-corrected chi connectivity index (χ0v) is 12.0. The van der Waals surface area contributed by atoms with Crippen LogP contribution in [0.25, 0.3) is 0 Å². The van der Waals surface area contributed by atoms with E-state index in [1.54, 1.807) is 42.6 Å². The lowest BCUT2D eigenvalue weighted by molar-refractivity contribution is 1.52. The third-order valence-electron chi connectivity index (χ3n) is 2.25. The quantitative estimate of drug-likeness (QED) is 0.597. The summed E-state index contributed by atoms with van der Waals surface area (Å²) in [5, 5.41) is 2.04. The Morgan fingerprint density at radius 1 is 0.778 bits per heavy atom. The summed E-state index contributed by atoms with van der Waals surface area (Å²) in [5.74, 6) is 0. The predicted molar refractivity (Wildman–Crippen MR) is 80.2 cm³/mol. The third kappa shape index (κ3) is 3.18. The summed E-state index contributed by atoms with van der Waals surface area (Å²) in [4.78, 5) is 4.26. The minimum Gasteiger partial charge on any atom is -0.256 e. The molecule has 0 saturated carbocycles. The van der Waals surface area contributed by atoms with Crippen molar-refractivity contribution in [3.05, 3.63) is 62.1 Å². The molecule has 0 N–H and O–H groups in total. The van der Waals surface area contributed by atoms with Crippen LogP contribution in [0.15, 0.2) is 41.4 Å². The molecule has 5 heteroatoms. The van der Waals surface area contributed by atoms with Crippen LogP contribution in [0.1, 0.15) is 5.56 Å². The van der Waals surface area contributed by atoms with Crippen molar-refractivity contribution in [3.63, 3.8) is 0 Å². The molecule has 0 radical (unpaired) electrons. The maximum atomic E-state index is 6.03. The molecule has 0 amide bonds. The number of halogens is 4. The molecule has 0 fully saturated rings. The van der Waals surface area contributed by atoms with Crippen molar-refractivity contribution in [1.82, 2.24) is 0 Å². The van der Waals surface area contributed by atoms with Crippen LogP contribution in [-0.4, -0.2) is 6.21 Å². The number of benzene rings is 2. The van der Waals surface area contributed by atoms with Crippen molar-refractivity contribution in [3.8, 4) is 0 Å². The monoisotopic (exact) mass is 317 g/mol. The summed E-state index contributed by atoms with van der Waals surface area (Å²) in [5.41, 5.74) is 1.35. The molecule has 0 aromatic heterocycles. The molecule has 18 heavy (non-hydrogen) atoms. The lowest BCUT2D eigenvalue weighted by Crippen LogP contribution is -1.84. The van der Waals surface area contributed by atoms with E-state index in [9.17, 15) is 0 Å². The molecule has 2 aromatic carbocycles. The largest absolute Gasteiger partial charge is 0.256 e. The van der Waals surface area contributed by atoms with E-state index in [-0.39, 0.29) is 0 Å². The average molecular weight is 319 g/mol. The van der Waals surface area contributed by atoms with Gasteiger partial charge in [-0.3, -0.25) is 4.99 Å². The Bertz CT molecular complexity index is 588. The number of aliphatic imine (C=N–C) groups is 1. The van der Waals surface area contributed by atoms with Gasteiger partial charge in [0.15, 0.2) is 0 Å². The van der Waals surface area contributed by atoms with Gasteiger partial charge in [0, 0.05) is 11.8 Å². The maximum Gasteiger partial charge on any atom is 0.0645 e. The Morgan fingerprint density at radius 3 is 2.06 bits per heavy atom. The molecule has 2 aromatic rings. The van der Waals surface area contributed by atoms with Gasteiger partial charge in [0.2, 0.25) is 0 Å². The third-order valence-corrected chi connectivity index (χ3v) is 3.64. The molecule has 1 nitrogen and oxygen atoms in total. The summed E-state index contributed by atoms with van der Waals surface area (Å²) in [6.45, 7) is 0. The maximum absolute atomic E-state index is 6.03. The summed E-state index contributed by atoms with van der Waals surface area (Å²) < 4.78 is 0. The van der Waals surface area contributed by atoms with E-state index in [0.29, 0.717) is 31.3 Å². The summed E-state index contributed by atoms with van der Waals surface area (Å²) in [7, 11) is 0. The van der Waals surface area contributed by atoms with Crippen molar-refractivity contribution >= 4 is 58.3 Å². The molecular formula is C13H7Cl4N. The second-order valence-electron chi connectivity index (χ2n) is 3.49. The molecule has 0 bridgehead atoms. The van der Waals surface area contributed by atoms with Gasteiger partial charge in [-0.15, -0.1) is 0 Å². The molecule has 0 saturated heterocycles. The first-order chi connectivity index (χ1) is 8.58. The number of nitrogens with zero attached hydrogens (tertiary/aromatic N) is 1. The Kier molecular flexibility index (Phi) is 4.52. The lowest BCUT2D eigenvalue weighted by Gasteiger charge is -2.01. The van der Waals surface area contributed by atoms with Crippen molar-refractivity contribution in [1.29, 1.82) is 0 Å². The second kappa shape index (κ2) is 5.94. The highest BCUT2D eigenvalue weighted by Crippen LogP contribution is 2.27. The summed E-state index contributed by atoms with van der Waals surface area (Å²) in [6, 6.07) is 10.4. The van der Waals surface area contributed by atoms with Gasteiger partial charge in [0.25, 0.3) is 0 Å². The van der Waals surface area contributed by atoms with Gasteiger partial charge in [-0.25, -0.2) is 0 Å². The van der Waals surface area contributed by atoms with E-state index in [1.165, 1.54) is 0 Å². The first-order valence-electron chi connectivity index (χ1n) is 5.01. The SMILES string of the molecule is Clc1ccc(/N=C/c2c(Cl)cccc2Cl)cc1Cl. The predicted octanol–water partition coefficient (Wildman–Crippen LogP) is 6.05. The van der Waals surface area contributed by atoms with Crippen LogP contribution < -0.4 is 0 Å². The normalized spacial score (nSPS) is 11.1. The smallest absolute Gasteiger partial charge is 0.0645 e. The molecular weight excluding hydrogens is 312 g/mol. The van der Waals surface area contributed by atoms with Crippen LogP contribution in [0.2, 0.25) is 20.1 Å². The summed E-state index contributed by atoms with van der Waals surface area (Å²) in [6.07, 6.45) is 1.60. The Labute approximate surface area is 125 Å². The minimum absolute atomic E-state index is 0.455. The molecule has 0 unspecified atom stereocenters. The highest BCUT2D eigenvalue weighted by molar-refractivity contribution is 6.42. The van der Waals surface area contributed by atoms with Gasteiger partial charge in [-0.05, 0) is 30.3 Å². The number of hydrogen-bond acceptors (Lipinski definition) is 1. The van der Waals surface area contributed by atoms with Crippen molar-refractivity contribution in [2.45, 2.75) is 0 Å². The minimum atomic E-state index is 0.455. The fraction of sp³-hybridized carbons (Fsp3) is 0. The number of hydrogen-bond donors (Lipinski definition) is 0. The fourth-order valence-electron chi connectivity index (χ4n) is 1.34. The van der Waals surface area contributed by atoms with E-state index in [4.69, 9.17) is 46.4 Å². The summed E-state index contributed by atoms with van der Waals surface area (Å²) >= 11 is 23.8. The Balaban J connectivity index is 2.33. The molecule has 0 heterocycles. The first kappa shape index (κ1) is 13.7. The molecule has 2 rings (SSSR count). The molecule has 0 atom stereocenters. The van der Waals surface area contributed by atoms with Gasteiger partial charge >= 0.3 is 0 Å². The zero-order valence-electron chi connectivity index (χ0n) is 9.00. The van der Waals surface area contributed by atoms with Gasteiger partial charge in [-0.2, -0.15) is 0 Å². The molecule has 0 aliphatic carbocycles. The van der Waals surface area contributed by atoms with E-state index in [2.05, 4.69) is 4.99 Å². The molecule has 0 spiro atoms.